The number of nitriles is 1. The van der Waals surface area contributed by atoms with Crippen molar-refractivity contribution in [3.63, 3.8) is 0 Å². The number of aromatic nitrogens is 1. The lowest BCUT2D eigenvalue weighted by molar-refractivity contribution is 0.678. The second-order valence-corrected chi connectivity index (χ2v) is 3.90. The van der Waals surface area contributed by atoms with Gasteiger partial charge in [-0.25, -0.2) is 0 Å². The highest BCUT2D eigenvalue weighted by atomic mass is 15.0. The molecule has 2 nitrogen and oxygen atoms in total. The van der Waals surface area contributed by atoms with Gasteiger partial charge in [-0.15, -0.1) is 0 Å². The summed E-state index contributed by atoms with van der Waals surface area (Å²) < 4.78 is 2.10. The Morgan fingerprint density at radius 3 is 2.60 bits per heavy atom. The van der Waals surface area contributed by atoms with Crippen LogP contribution in [0.2, 0.25) is 0 Å². The van der Waals surface area contributed by atoms with Crippen LogP contribution < -0.4 is 0 Å². The molecular weight excluding hydrogens is 184 g/mol. The Labute approximate surface area is 89.7 Å². The van der Waals surface area contributed by atoms with Gasteiger partial charge in [-0.05, 0) is 32.4 Å². The third-order valence-electron chi connectivity index (χ3n) is 3.05. The van der Waals surface area contributed by atoms with Gasteiger partial charge in [0, 0.05) is 16.6 Å². The first-order valence-corrected chi connectivity index (χ1v) is 5.12. The Kier molecular flexibility index (Phi) is 2.24. The number of para-hydroxylation sites is 1. The van der Waals surface area contributed by atoms with Gasteiger partial charge in [0.25, 0.3) is 0 Å². The first-order valence-electron chi connectivity index (χ1n) is 5.12. The summed E-state index contributed by atoms with van der Waals surface area (Å²) in [6.45, 7) is 6.11. The van der Waals surface area contributed by atoms with E-state index >= 15 is 0 Å². The minimum Gasteiger partial charge on any atom is -0.328 e. The molecule has 1 aromatic heterocycles. The number of rotatable bonds is 1. The van der Waals surface area contributed by atoms with Crippen molar-refractivity contribution in [2.75, 3.05) is 0 Å². The molecule has 0 fully saturated rings. The van der Waals surface area contributed by atoms with Crippen LogP contribution in [-0.4, -0.2) is 4.57 Å². The lowest BCUT2D eigenvalue weighted by atomic mass is 10.2. The molecule has 2 heteroatoms. The molecule has 1 unspecified atom stereocenters. The maximum absolute atomic E-state index is 9.01. The Hall–Kier alpha value is -1.75. The van der Waals surface area contributed by atoms with Crippen LogP contribution in [0.15, 0.2) is 24.3 Å². The highest BCUT2D eigenvalue weighted by Crippen LogP contribution is 2.27. The minimum absolute atomic E-state index is 0.108. The molecule has 0 aliphatic heterocycles. The van der Waals surface area contributed by atoms with Gasteiger partial charge < -0.3 is 4.57 Å². The van der Waals surface area contributed by atoms with Crippen molar-refractivity contribution < 1.29 is 0 Å². The molecule has 1 atom stereocenters. The van der Waals surface area contributed by atoms with Crippen molar-refractivity contribution in [1.82, 2.24) is 4.57 Å². The van der Waals surface area contributed by atoms with Crippen molar-refractivity contribution in [1.29, 1.82) is 5.26 Å². The molecule has 2 aromatic rings. The Balaban J connectivity index is 2.85. The zero-order valence-corrected chi connectivity index (χ0v) is 9.28. The number of hydrogen-bond acceptors (Lipinski definition) is 1. The maximum atomic E-state index is 9.01. The van der Waals surface area contributed by atoms with Crippen LogP contribution >= 0.6 is 0 Å². The van der Waals surface area contributed by atoms with Gasteiger partial charge in [-0.3, -0.25) is 0 Å². The first kappa shape index (κ1) is 9.79. The molecular formula is C13H14N2. The summed E-state index contributed by atoms with van der Waals surface area (Å²) in [6, 6.07) is 10.4. The summed E-state index contributed by atoms with van der Waals surface area (Å²) in [6.07, 6.45) is 0. The van der Waals surface area contributed by atoms with Crippen LogP contribution in [0.25, 0.3) is 10.9 Å². The van der Waals surface area contributed by atoms with Crippen LogP contribution in [0.5, 0.6) is 0 Å². The van der Waals surface area contributed by atoms with E-state index in [1.807, 2.05) is 19.1 Å². The molecule has 0 N–H and O–H groups in total. The molecule has 1 aromatic carbocycles. The Morgan fingerprint density at radius 2 is 1.93 bits per heavy atom. The lowest BCUT2D eigenvalue weighted by Gasteiger charge is -2.09. The van der Waals surface area contributed by atoms with E-state index in [9.17, 15) is 0 Å². The van der Waals surface area contributed by atoms with Crippen LogP contribution in [-0.2, 0) is 0 Å². The van der Waals surface area contributed by atoms with E-state index in [1.54, 1.807) is 0 Å². The van der Waals surface area contributed by atoms with Crippen molar-refractivity contribution in [2.24, 2.45) is 0 Å². The summed E-state index contributed by atoms with van der Waals surface area (Å²) >= 11 is 0. The van der Waals surface area contributed by atoms with E-state index in [4.69, 9.17) is 5.26 Å². The molecule has 0 aliphatic rings. The zero-order valence-electron chi connectivity index (χ0n) is 9.28. The average molecular weight is 198 g/mol. The van der Waals surface area contributed by atoms with E-state index in [2.05, 4.69) is 36.6 Å². The van der Waals surface area contributed by atoms with E-state index in [0.717, 1.165) is 5.52 Å². The van der Waals surface area contributed by atoms with Gasteiger partial charge in [0.05, 0.1) is 6.07 Å². The predicted octanol–water partition coefficient (Wildman–Crippen LogP) is 3.34. The Bertz CT molecular complexity index is 543. The number of benzene rings is 1. The van der Waals surface area contributed by atoms with Crippen LogP contribution in [0.1, 0.15) is 24.2 Å². The van der Waals surface area contributed by atoms with Gasteiger partial charge in [-0.2, -0.15) is 5.26 Å². The molecule has 76 valence electrons. The smallest absolute Gasteiger partial charge is 0.118 e. The molecule has 15 heavy (non-hydrogen) atoms. The molecule has 0 bridgehead atoms. The molecule has 0 radical (unpaired) electrons. The number of hydrogen-bond donors (Lipinski definition) is 0. The Morgan fingerprint density at radius 1 is 1.27 bits per heavy atom. The van der Waals surface area contributed by atoms with Gasteiger partial charge in [0.2, 0.25) is 0 Å². The molecule has 2 rings (SSSR count). The molecule has 0 amide bonds. The van der Waals surface area contributed by atoms with E-state index in [0.29, 0.717) is 0 Å². The average Bonchev–Trinajstić information content (AvgIpc) is 2.52. The monoisotopic (exact) mass is 198 g/mol. The maximum Gasteiger partial charge on any atom is 0.118 e. The fourth-order valence-electron chi connectivity index (χ4n) is 2.11. The molecule has 0 saturated carbocycles. The summed E-state index contributed by atoms with van der Waals surface area (Å²) in [7, 11) is 0. The highest BCUT2D eigenvalue weighted by molar-refractivity contribution is 5.85. The summed E-state index contributed by atoms with van der Waals surface area (Å²) in [5, 5.41) is 10.3. The van der Waals surface area contributed by atoms with E-state index in [-0.39, 0.29) is 6.04 Å². The molecule has 1 heterocycles. The van der Waals surface area contributed by atoms with Crippen LogP contribution in [0.4, 0.5) is 0 Å². The summed E-state index contributed by atoms with van der Waals surface area (Å²) in [5.74, 6) is 0. The second kappa shape index (κ2) is 3.43. The SMILES string of the molecule is Cc1c(C)n(C(C)C#N)c2ccccc12. The van der Waals surface area contributed by atoms with Crippen molar-refractivity contribution in [2.45, 2.75) is 26.8 Å². The molecule has 0 saturated heterocycles. The third-order valence-corrected chi connectivity index (χ3v) is 3.05. The van der Waals surface area contributed by atoms with Crippen molar-refractivity contribution in [3.8, 4) is 6.07 Å². The fourth-order valence-corrected chi connectivity index (χ4v) is 2.11. The standard InChI is InChI=1S/C13H14N2/c1-9(8-14)15-11(3)10(2)12-6-4-5-7-13(12)15/h4-7,9H,1-3H3. The molecule has 0 aliphatic carbocycles. The first-order chi connectivity index (χ1) is 7.16. The quantitative estimate of drug-likeness (QED) is 0.690. The van der Waals surface area contributed by atoms with Gasteiger partial charge in [0.1, 0.15) is 6.04 Å². The van der Waals surface area contributed by atoms with Crippen LogP contribution in [0.3, 0.4) is 0 Å². The van der Waals surface area contributed by atoms with E-state index < -0.39 is 0 Å². The fraction of sp³-hybridized carbons (Fsp3) is 0.308. The number of fused-ring (bicyclic) bond motifs is 1. The number of nitrogens with zero attached hydrogens (tertiary/aromatic N) is 2. The topological polar surface area (TPSA) is 28.7 Å². The third kappa shape index (κ3) is 1.32. The zero-order chi connectivity index (χ0) is 11.0. The lowest BCUT2D eigenvalue weighted by Crippen LogP contribution is -2.04. The second-order valence-electron chi connectivity index (χ2n) is 3.90. The number of aryl methyl sites for hydroxylation is 1. The van der Waals surface area contributed by atoms with Gasteiger partial charge in [-0.1, -0.05) is 18.2 Å². The molecule has 0 spiro atoms. The summed E-state index contributed by atoms with van der Waals surface area (Å²) in [5.41, 5.74) is 3.61. The summed E-state index contributed by atoms with van der Waals surface area (Å²) in [4.78, 5) is 0. The normalized spacial score (nSPS) is 12.7. The predicted molar refractivity (Wildman–Crippen MR) is 61.7 cm³/mol. The van der Waals surface area contributed by atoms with Gasteiger partial charge >= 0.3 is 0 Å². The van der Waals surface area contributed by atoms with Gasteiger partial charge in [0.15, 0.2) is 0 Å². The largest absolute Gasteiger partial charge is 0.328 e. The minimum atomic E-state index is -0.108. The van der Waals surface area contributed by atoms with Crippen molar-refractivity contribution in [3.05, 3.63) is 35.5 Å². The van der Waals surface area contributed by atoms with Crippen molar-refractivity contribution >= 4 is 10.9 Å². The van der Waals surface area contributed by atoms with Crippen LogP contribution in [0, 0.1) is 25.2 Å². The van der Waals surface area contributed by atoms with E-state index in [1.165, 1.54) is 16.6 Å². The highest BCUT2D eigenvalue weighted by Gasteiger charge is 2.13.